The van der Waals surface area contributed by atoms with E-state index in [0.29, 0.717) is 12.6 Å². The molecule has 0 radical (unpaired) electrons. The Bertz CT molecular complexity index is 304. The normalized spacial score (nSPS) is 36.1. The van der Waals surface area contributed by atoms with Crippen molar-refractivity contribution in [1.29, 1.82) is 0 Å². The molecule has 3 aliphatic heterocycles. The summed E-state index contributed by atoms with van der Waals surface area (Å²) >= 11 is 0. The lowest BCUT2D eigenvalue weighted by atomic mass is 9.89. The highest BCUT2D eigenvalue weighted by Crippen LogP contribution is 2.27. The van der Waals surface area contributed by atoms with E-state index in [1.807, 2.05) is 0 Å². The molecule has 0 amide bonds. The molecule has 3 atom stereocenters. The highest BCUT2D eigenvalue weighted by atomic mass is 16.3. The molecule has 3 unspecified atom stereocenters. The summed E-state index contributed by atoms with van der Waals surface area (Å²) in [5.41, 5.74) is 0. The molecule has 3 aliphatic rings. The number of piperidine rings is 2. The van der Waals surface area contributed by atoms with Gasteiger partial charge in [-0.2, -0.15) is 0 Å². The van der Waals surface area contributed by atoms with Crippen LogP contribution in [0.2, 0.25) is 0 Å². The Labute approximate surface area is 129 Å². The van der Waals surface area contributed by atoms with Crippen LogP contribution in [0.5, 0.6) is 0 Å². The van der Waals surface area contributed by atoms with E-state index in [1.54, 1.807) is 0 Å². The zero-order valence-corrected chi connectivity index (χ0v) is 13.5. The van der Waals surface area contributed by atoms with Crippen molar-refractivity contribution in [3.8, 4) is 0 Å². The zero-order valence-electron chi connectivity index (χ0n) is 13.5. The van der Waals surface area contributed by atoms with Gasteiger partial charge in [0.1, 0.15) is 0 Å². The third-order valence-corrected chi connectivity index (χ3v) is 5.88. The Hall–Kier alpha value is -0.160. The van der Waals surface area contributed by atoms with Crippen molar-refractivity contribution in [3.63, 3.8) is 0 Å². The Morgan fingerprint density at radius 2 is 1.81 bits per heavy atom. The Balaban J connectivity index is 1.59. The molecule has 0 aliphatic carbocycles. The van der Waals surface area contributed by atoms with Gasteiger partial charge in [-0.05, 0) is 70.6 Å². The number of hydrogen-bond acceptors (Lipinski definition) is 4. The predicted molar refractivity (Wildman–Crippen MR) is 86.5 cm³/mol. The molecule has 0 saturated carbocycles. The van der Waals surface area contributed by atoms with Gasteiger partial charge in [0.15, 0.2) is 0 Å². The van der Waals surface area contributed by atoms with Crippen LogP contribution in [0.3, 0.4) is 0 Å². The lowest BCUT2D eigenvalue weighted by Gasteiger charge is -2.43. The first-order valence-corrected chi connectivity index (χ1v) is 9.18. The molecule has 4 nitrogen and oxygen atoms in total. The SMILES string of the molecule is OCCC1CCCCN1CC1CCNCC1N1CCCC1. The van der Waals surface area contributed by atoms with Crippen molar-refractivity contribution < 1.29 is 5.11 Å². The monoisotopic (exact) mass is 295 g/mol. The van der Waals surface area contributed by atoms with Gasteiger partial charge in [-0.3, -0.25) is 9.80 Å². The van der Waals surface area contributed by atoms with Crippen LogP contribution in [-0.4, -0.2) is 72.9 Å². The molecule has 0 aromatic carbocycles. The molecular formula is C17H33N3O. The van der Waals surface area contributed by atoms with Crippen molar-refractivity contribution in [2.45, 2.75) is 57.0 Å². The predicted octanol–water partition coefficient (Wildman–Crippen LogP) is 1.30. The van der Waals surface area contributed by atoms with Crippen LogP contribution < -0.4 is 5.32 Å². The molecule has 122 valence electrons. The molecule has 0 aromatic heterocycles. The summed E-state index contributed by atoms with van der Waals surface area (Å²) in [4.78, 5) is 5.45. The van der Waals surface area contributed by atoms with Crippen LogP contribution in [0, 0.1) is 5.92 Å². The van der Waals surface area contributed by atoms with Crippen LogP contribution in [0.15, 0.2) is 0 Å². The minimum atomic E-state index is 0.350. The van der Waals surface area contributed by atoms with Crippen molar-refractivity contribution >= 4 is 0 Å². The maximum Gasteiger partial charge on any atom is 0.0445 e. The highest BCUT2D eigenvalue weighted by molar-refractivity contribution is 4.91. The van der Waals surface area contributed by atoms with E-state index in [2.05, 4.69) is 15.1 Å². The number of likely N-dealkylation sites (tertiary alicyclic amines) is 2. The first-order chi connectivity index (χ1) is 10.4. The molecule has 3 rings (SSSR count). The fourth-order valence-corrected chi connectivity index (χ4v) is 4.69. The molecular weight excluding hydrogens is 262 g/mol. The molecule has 3 fully saturated rings. The van der Waals surface area contributed by atoms with Gasteiger partial charge in [-0.1, -0.05) is 6.42 Å². The maximum absolute atomic E-state index is 9.32. The number of nitrogens with one attached hydrogen (secondary N) is 1. The van der Waals surface area contributed by atoms with Gasteiger partial charge in [0, 0.05) is 31.8 Å². The van der Waals surface area contributed by atoms with Crippen LogP contribution >= 0.6 is 0 Å². The Morgan fingerprint density at radius 1 is 1.00 bits per heavy atom. The van der Waals surface area contributed by atoms with Crippen molar-refractivity contribution in [3.05, 3.63) is 0 Å². The van der Waals surface area contributed by atoms with E-state index in [1.165, 1.54) is 77.8 Å². The van der Waals surface area contributed by atoms with Gasteiger partial charge in [0.25, 0.3) is 0 Å². The summed E-state index contributed by atoms with van der Waals surface area (Å²) in [5.74, 6) is 0.823. The number of aliphatic hydroxyl groups excluding tert-OH is 1. The van der Waals surface area contributed by atoms with E-state index in [9.17, 15) is 5.11 Å². The van der Waals surface area contributed by atoms with E-state index in [4.69, 9.17) is 0 Å². The summed E-state index contributed by atoms with van der Waals surface area (Å²) in [6, 6.07) is 1.39. The third-order valence-electron chi connectivity index (χ3n) is 5.88. The summed E-state index contributed by atoms with van der Waals surface area (Å²) < 4.78 is 0. The second kappa shape index (κ2) is 7.91. The smallest absolute Gasteiger partial charge is 0.0445 e. The minimum absolute atomic E-state index is 0.350. The van der Waals surface area contributed by atoms with Gasteiger partial charge in [-0.15, -0.1) is 0 Å². The second-order valence-electron chi connectivity index (χ2n) is 7.22. The van der Waals surface area contributed by atoms with Gasteiger partial charge < -0.3 is 10.4 Å². The van der Waals surface area contributed by atoms with Crippen LogP contribution in [0.4, 0.5) is 0 Å². The van der Waals surface area contributed by atoms with Gasteiger partial charge in [0.2, 0.25) is 0 Å². The first kappa shape index (κ1) is 15.7. The molecule has 0 spiro atoms. The minimum Gasteiger partial charge on any atom is -0.396 e. The van der Waals surface area contributed by atoms with E-state index < -0.39 is 0 Å². The highest BCUT2D eigenvalue weighted by Gasteiger charge is 2.34. The number of rotatable bonds is 5. The molecule has 3 heterocycles. The average Bonchev–Trinajstić information content (AvgIpc) is 3.04. The van der Waals surface area contributed by atoms with Gasteiger partial charge >= 0.3 is 0 Å². The Kier molecular flexibility index (Phi) is 5.92. The number of aliphatic hydroxyl groups is 1. The quantitative estimate of drug-likeness (QED) is 0.802. The van der Waals surface area contributed by atoms with E-state index in [-0.39, 0.29) is 0 Å². The molecule has 0 bridgehead atoms. The van der Waals surface area contributed by atoms with Crippen molar-refractivity contribution in [1.82, 2.24) is 15.1 Å². The van der Waals surface area contributed by atoms with Crippen LogP contribution in [-0.2, 0) is 0 Å². The van der Waals surface area contributed by atoms with Crippen molar-refractivity contribution in [2.24, 2.45) is 5.92 Å². The molecule has 21 heavy (non-hydrogen) atoms. The van der Waals surface area contributed by atoms with Gasteiger partial charge in [-0.25, -0.2) is 0 Å². The fourth-order valence-electron chi connectivity index (χ4n) is 4.69. The fraction of sp³-hybridized carbons (Fsp3) is 1.00. The summed E-state index contributed by atoms with van der Waals surface area (Å²) in [6.07, 6.45) is 9.06. The van der Waals surface area contributed by atoms with E-state index in [0.717, 1.165) is 18.4 Å². The average molecular weight is 295 g/mol. The maximum atomic E-state index is 9.32. The van der Waals surface area contributed by atoms with Gasteiger partial charge in [0.05, 0.1) is 0 Å². The lowest BCUT2D eigenvalue weighted by molar-refractivity contribution is 0.0587. The van der Waals surface area contributed by atoms with Crippen LogP contribution in [0.25, 0.3) is 0 Å². The largest absolute Gasteiger partial charge is 0.396 e. The third kappa shape index (κ3) is 3.98. The molecule has 0 aromatic rings. The zero-order chi connectivity index (χ0) is 14.5. The van der Waals surface area contributed by atoms with E-state index >= 15 is 0 Å². The topological polar surface area (TPSA) is 38.7 Å². The molecule has 2 N–H and O–H groups in total. The summed E-state index contributed by atoms with van der Waals surface area (Å²) in [7, 11) is 0. The Morgan fingerprint density at radius 3 is 2.62 bits per heavy atom. The van der Waals surface area contributed by atoms with Crippen LogP contribution in [0.1, 0.15) is 44.9 Å². The molecule has 4 heteroatoms. The van der Waals surface area contributed by atoms with Crippen molar-refractivity contribution in [2.75, 3.05) is 45.9 Å². The second-order valence-corrected chi connectivity index (χ2v) is 7.22. The number of nitrogens with zero attached hydrogens (tertiary/aromatic N) is 2. The standard InChI is InChI=1S/C17H33N3O/c21-12-7-16-5-1-2-11-20(16)14-15-6-8-18-13-17(15)19-9-3-4-10-19/h15-18,21H,1-14H2. The first-order valence-electron chi connectivity index (χ1n) is 9.18. The molecule has 3 saturated heterocycles. The summed E-state index contributed by atoms with van der Waals surface area (Å²) in [6.45, 7) is 7.85. The summed E-state index contributed by atoms with van der Waals surface area (Å²) in [5, 5.41) is 12.9. The number of hydrogen-bond donors (Lipinski definition) is 2. The lowest BCUT2D eigenvalue weighted by Crippen LogP contribution is -2.54.